The molecule has 2 N–H and O–H groups in total. The predicted octanol–water partition coefficient (Wildman–Crippen LogP) is 4.35. The summed E-state index contributed by atoms with van der Waals surface area (Å²) >= 11 is 0. The molecule has 3 fully saturated rings. The summed E-state index contributed by atoms with van der Waals surface area (Å²) in [6, 6.07) is 8.02. The normalized spacial score (nSPS) is 20.1. The molecule has 2 aromatic heterocycles. The average molecular weight is 589 g/mol. The molecule has 43 heavy (non-hydrogen) atoms. The number of carbonyl (C=O) groups excluding carboxylic acids is 1. The van der Waals surface area contributed by atoms with Crippen molar-refractivity contribution in [3.63, 3.8) is 0 Å². The van der Waals surface area contributed by atoms with Crippen molar-refractivity contribution in [2.75, 3.05) is 70.0 Å². The summed E-state index contributed by atoms with van der Waals surface area (Å²) in [5, 5.41) is 7.97. The van der Waals surface area contributed by atoms with Gasteiger partial charge in [-0.3, -0.25) is 9.78 Å². The summed E-state index contributed by atoms with van der Waals surface area (Å²) in [5.41, 5.74) is 5.48. The number of nitrogens with one attached hydrogen (secondary N) is 2. The third-order valence-corrected chi connectivity index (χ3v) is 8.86. The molecule has 0 unspecified atom stereocenters. The van der Waals surface area contributed by atoms with Gasteiger partial charge in [0.15, 0.2) is 11.5 Å². The van der Waals surface area contributed by atoms with Gasteiger partial charge in [-0.2, -0.15) is 0 Å². The Morgan fingerprint density at radius 2 is 1.79 bits per heavy atom. The van der Waals surface area contributed by atoms with Gasteiger partial charge in [0.1, 0.15) is 11.4 Å². The van der Waals surface area contributed by atoms with E-state index in [9.17, 15) is 4.79 Å². The number of amides is 1. The van der Waals surface area contributed by atoms with Gasteiger partial charge in [0.25, 0.3) is 5.91 Å². The van der Waals surface area contributed by atoms with E-state index in [0.717, 1.165) is 78.3 Å². The highest BCUT2D eigenvalue weighted by atomic mass is 16.5. The summed E-state index contributed by atoms with van der Waals surface area (Å²) < 4.78 is 16.7. The van der Waals surface area contributed by atoms with Gasteiger partial charge in [0.2, 0.25) is 0 Å². The van der Waals surface area contributed by atoms with Crippen molar-refractivity contribution >= 4 is 28.3 Å². The summed E-state index contributed by atoms with van der Waals surface area (Å²) in [4.78, 5) is 29.6. The molecule has 0 radical (unpaired) electrons. The zero-order valence-corrected chi connectivity index (χ0v) is 26.0. The van der Waals surface area contributed by atoms with Gasteiger partial charge in [-0.15, -0.1) is 0 Å². The molecule has 1 aliphatic carbocycles. The Labute approximate surface area is 254 Å². The molecule has 4 heterocycles. The number of rotatable bonds is 8. The Morgan fingerprint density at radius 1 is 1.02 bits per heavy atom. The molecule has 3 aliphatic rings. The van der Waals surface area contributed by atoms with Crippen LogP contribution in [-0.4, -0.2) is 82.1 Å². The number of ether oxygens (including phenoxy) is 3. The number of aryl methyl sites for hydroxylation is 1. The van der Waals surface area contributed by atoms with E-state index in [1.807, 2.05) is 25.1 Å². The molecule has 1 aromatic carbocycles. The molecule has 2 saturated heterocycles. The molecule has 1 amide bonds. The Balaban J connectivity index is 1.51. The number of morpholine rings is 1. The number of carbonyl (C=O) groups is 1. The maximum atomic E-state index is 14.6. The fourth-order valence-electron chi connectivity index (χ4n) is 6.28. The molecule has 10 heteroatoms. The fourth-order valence-corrected chi connectivity index (χ4v) is 6.28. The lowest BCUT2D eigenvalue weighted by atomic mass is 10.0. The number of benzene rings is 1. The van der Waals surface area contributed by atoms with Crippen molar-refractivity contribution in [3.05, 3.63) is 46.8 Å². The summed E-state index contributed by atoms with van der Waals surface area (Å²) in [7, 11) is 3.24. The number of hydrogen-bond acceptors (Lipinski definition) is 9. The molecule has 3 aromatic rings. The van der Waals surface area contributed by atoms with E-state index < -0.39 is 0 Å². The van der Waals surface area contributed by atoms with Gasteiger partial charge in [-0.25, -0.2) is 4.98 Å². The molecule has 2 aliphatic heterocycles. The van der Waals surface area contributed by atoms with Crippen LogP contribution in [-0.2, 0) is 4.74 Å². The van der Waals surface area contributed by atoms with Crippen LogP contribution in [0.5, 0.6) is 11.5 Å². The maximum Gasteiger partial charge on any atom is 0.257 e. The molecule has 1 saturated carbocycles. The lowest BCUT2D eigenvalue weighted by Crippen LogP contribution is -2.40. The van der Waals surface area contributed by atoms with Crippen molar-refractivity contribution in [1.29, 1.82) is 0 Å². The molecule has 6 rings (SSSR count). The Kier molecular flexibility index (Phi) is 8.59. The number of fused-ring (bicyclic) bond motifs is 1. The molecule has 2 atom stereocenters. The second-order valence-corrected chi connectivity index (χ2v) is 12.0. The van der Waals surface area contributed by atoms with Crippen LogP contribution in [0.3, 0.4) is 0 Å². The van der Waals surface area contributed by atoms with Crippen molar-refractivity contribution in [2.24, 2.45) is 0 Å². The zero-order valence-electron chi connectivity index (χ0n) is 26.0. The monoisotopic (exact) mass is 588 g/mol. The number of aromatic nitrogens is 2. The minimum Gasteiger partial charge on any atom is -0.493 e. The van der Waals surface area contributed by atoms with Crippen LogP contribution >= 0.6 is 0 Å². The smallest absolute Gasteiger partial charge is 0.257 e. The van der Waals surface area contributed by atoms with Crippen molar-refractivity contribution in [2.45, 2.75) is 58.0 Å². The van der Waals surface area contributed by atoms with Gasteiger partial charge < -0.3 is 34.6 Å². The van der Waals surface area contributed by atoms with Crippen LogP contribution in [0.4, 0.5) is 11.5 Å². The van der Waals surface area contributed by atoms with E-state index in [0.29, 0.717) is 55.3 Å². The third-order valence-electron chi connectivity index (χ3n) is 8.86. The lowest BCUT2D eigenvalue weighted by Gasteiger charge is -2.34. The van der Waals surface area contributed by atoms with Crippen LogP contribution in [0.15, 0.2) is 24.3 Å². The highest BCUT2D eigenvalue weighted by molar-refractivity contribution is 6.12. The van der Waals surface area contributed by atoms with Crippen LogP contribution in [0.1, 0.15) is 72.4 Å². The van der Waals surface area contributed by atoms with Crippen LogP contribution in [0.2, 0.25) is 0 Å². The van der Waals surface area contributed by atoms with Crippen molar-refractivity contribution in [3.8, 4) is 11.5 Å². The number of pyridine rings is 2. The minimum absolute atomic E-state index is 0.138. The number of methoxy groups -OCH3 is 2. The standard InChI is InChI=1S/C33H44N6O4/c1-20-10-12-38(13-11-34-20)31-25-18-21(2)35-29(23-6-7-23)30(25)37-32(39-14-16-43-17-15-39)28(31)33(40)36-22(3)24-8-9-26(41-4)27(19-24)42-5/h8-9,18-20,22-23,34H,6-7,10-17H2,1-5H3,(H,36,40)/t20-,22-/m0/s1. The number of nitrogens with zero attached hydrogens (tertiary/aromatic N) is 4. The second kappa shape index (κ2) is 12.5. The first-order chi connectivity index (χ1) is 20.9. The average Bonchev–Trinajstić information content (AvgIpc) is 3.88. The van der Waals surface area contributed by atoms with Crippen LogP contribution in [0.25, 0.3) is 10.9 Å². The summed E-state index contributed by atoms with van der Waals surface area (Å²) in [5.74, 6) is 2.29. The first-order valence-corrected chi connectivity index (χ1v) is 15.6. The topological polar surface area (TPSA) is 101 Å². The molecule has 0 bridgehead atoms. The SMILES string of the molecule is COc1ccc([C@H](C)NC(=O)c2c(N3CCOCC3)nc3c(C4CC4)nc(C)cc3c2N2CCN[C@@H](C)CC2)cc1OC. The Bertz CT molecular complexity index is 1490. The van der Waals surface area contributed by atoms with Crippen molar-refractivity contribution in [1.82, 2.24) is 20.6 Å². The first-order valence-electron chi connectivity index (χ1n) is 15.6. The molecule has 10 nitrogen and oxygen atoms in total. The van der Waals surface area contributed by atoms with Gasteiger partial charge in [-0.1, -0.05) is 6.07 Å². The van der Waals surface area contributed by atoms with E-state index in [4.69, 9.17) is 24.2 Å². The van der Waals surface area contributed by atoms with Gasteiger partial charge >= 0.3 is 0 Å². The fraction of sp³-hybridized carbons (Fsp3) is 0.545. The molecule has 230 valence electrons. The molecular formula is C33H44N6O4. The number of anilines is 2. The summed E-state index contributed by atoms with van der Waals surface area (Å²) in [6.45, 7) is 11.3. The molecule has 0 spiro atoms. The van der Waals surface area contributed by atoms with Crippen LogP contribution in [0, 0.1) is 6.92 Å². The van der Waals surface area contributed by atoms with E-state index >= 15 is 0 Å². The van der Waals surface area contributed by atoms with E-state index in [1.165, 1.54) is 0 Å². The summed E-state index contributed by atoms with van der Waals surface area (Å²) in [6.07, 6.45) is 3.25. The minimum atomic E-state index is -0.277. The first kappa shape index (κ1) is 29.4. The van der Waals surface area contributed by atoms with E-state index in [-0.39, 0.29) is 11.9 Å². The second-order valence-electron chi connectivity index (χ2n) is 12.0. The zero-order chi connectivity index (χ0) is 30.1. The quantitative estimate of drug-likeness (QED) is 0.398. The predicted molar refractivity (Wildman–Crippen MR) is 169 cm³/mol. The largest absolute Gasteiger partial charge is 0.493 e. The van der Waals surface area contributed by atoms with Gasteiger partial charge in [0.05, 0.1) is 50.4 Å². The highest BCUT2D eigenvalue weighted by Crippen LogP contribution is 2.45. The van der Waals surface area contributed by atoms with Crippen molar-refractivity contribution < 1.29 is 19.0 Å². The van der Waals surface area contributed by atoms with E-state index in [1.54, 1.807) is 14.2 Å². The Hall–Kier alpha value is -3.63. The van der Waals surface area contributed by atoms with E-state index in [2.05, 4.69) is 40.3 Å². The number of hydrogen-bond donors (Lipinski definition) is 2. The third kappa shape index (κ3) is 6.08. The van der Waals surface area contributed by atoms with Gasteiger partial charge in [0, 0.05) is 55.8 Å². The maximum absolute atomic E-state index is 14.6. The van der Waals surface area contributed by atoms with Gasteiger partial charge in [-0.05, 0) is 63.8 Å². The lowest BCUT2D eigenvalue weighted by molar-refractivity contribution is 0.0938. The van der Waals surface area contributed by atoms with Crippen LogP contribution < -0.4 is 29.9 Å². The molecular weight excluding hydrogens is 544 g/mol. The Morgan fingerprint density at radius 3 is 2.51 bits per heavy atom. The highest BCUT2D eigenvalue weighted by Gasteiger charge is 2.34.